The Hall–Kier alpha value is -3.75. The molecule has 3 aromatic rings. The number of oxazole rings is 1. The smallest absolute Gasteiger partial charge is 0.292 e. The molecule has 0 spiro atoms. The van der Waals surface area contributed by atoms with E-state index in [-0.39, 0.29) is 23.6 Å². The molecule has 4 rings (SSSR count). The molecule has 9 nitrogen and oxygen atoms in total. The van der Waals surface area contributed by atoms with Crippen molar-refractivity contribution in [3.63, 3.8) is 0 Å². The summed E-state index contributed by atoms with van der Waals surface area (Å²) in [6, 6.07) is 6.89. The molecule has 166 valence electrons. The lowest BCUT2D eigenvalue weighted by Gasteiger charge is -2.23. The molecule has 0 saturated carbocycles. The number of nitrogens with one attached hydrogen (secondary N) is 1. The van der Waals surface area contributed by atoms with Crippen LogP contribution in [0.15, 0.2) is 34.9 Å². The first-order valence-corrected chi connectivity index (χ1v) is 10.4. The number of carbonyl (C=O) groups excluding carboxylic acids is 2. The van der Waals surface area contributed by atoms with Crippen LogP contribution in [0.1, 0.15) is 62.9 Å². The van der Waals surface area contributed by atoms with E-state index in [2.05, 4.69) is 20.3 Å². The van der Waals surface area contributed by atoms with E-state index in [1.165, 1.54) is 6.20 Å². The molecule has 2 aromatic heterocycles. The van der Waals surface area contributed by atoms with E-state index >= 15 is 0 Å². The van der Waals surface area contributed by atoms with E-state index in [1.807, 2.05) is 12.1 Å². The maximum absolute atomic E-state index is 13.0. The fourth-order valence-electron chi connectivity index (χ4n) is 3.94. The largest absolute Gasteiger partial charge is 0.495 e. The maximum atomic E-state index is 13.0. The summed E-state index contributed by atoms with van der Waals surface area (Å²) in [7, 11) is 1.55. The lowest BCUT2D eigenvalue weighted by Crippen LogP contribution is -2.32. The van der Waals surface area contributed by atoms with Gasteiger partial charge in [-0.15, -0.1) is 0 Å². The SMILES string of the molecule is COc1ccccc1NC(=O)c1cnc(C2CCCN2C(=O)c2oc(C)nc2C)nc1C. The number of nitrogens with zero attached hydrogens (tertiary/aromatic N) is 4. The summed E-state index contributed by atoms with van der Waals surface area (Å²) in [5.41, 5.74) is 2.03. The van der Waals surface area contributed by atoms with Gasteiger partial charge in [-0.2, -0.15) is 0 Å². The first-order valence-electron chi connectivity index (χ1n) is 10.4. The molecule has 1 aliphatic heterocycles. The molecule has 0 bridgehead atoms. The van der Waals surface area contributed by atoms with E-state index in [0.29, 0.717) is 46.6 Å². The minimum atomic E-state index is -0.328. The van der Waals surface area contributed by atoms with Gasteiger partial charge in [0.1, 0.15) is 5.75 Å². The van der Waals surface area contributed by atoms with Gasteiger partial charge in [-0.05, 0) is 38.8 Å². The second-order valence-corrected chi connectivity index (χ2v) is 7.69. The predicted molar refractivity (Wildman–Crippen MR) is 117 cm³/mol. The molecule has 1 N–H and O–H groups in total. The number of methoxy groups -OCH3 is 1. The Morgan fingerprint density at radius 2 is 1.94 bits per heavy atom. The molecule has 2 amide bonds. The van der Waals surface area contributed by atoms with Crippen LogP contribution >= 0.6 is 0 Å². The monoisotopic (exact) mass is 435 g/mol. The summed E-state index contributed by atoms with van der Waals surface area (Å²) in [6.07, 6.45) is 3.08. The van der Waals surface area contributed by atoms with Crippen LogP contribution in [0.5, 0.6) is 5.75 Å². The van der Waals surface area contributed by atoms with Crippen molar-refractivity contribution in [2.45, 2.75) is 39.7 Å². The van der Waals surface area contributed by atoms with Crippen LogP contribution in [0, 0.1) is 20.8 Å². The molecule has 0 aliphatic carbocycles. The third-order valence-electron chi connectivity index (χ3n) is 5.51. The Bertz CT molecular complexity index is 1170. The van der Waals surface area contributed by atoms with E-state index < -0.39 is 0 Å². The molecule has 1 fully saturated rings. The van der Waals surface area contributed by atoms with Crippen LogP contribution in [-0.4, -0.2) is 45.3 Å². The summed E-state index contributed by atoms with van der Waals surface area (Å²) >= 11 is 0. The van der Waals surface area contributed by atoms with Crippen molar-refractivity contribution in [2.24, 2.45) is 0 Å². The Morgan fingerprint density at radius 1 is 1.16 bits per heavy atom. The van der Waals surface area contributed by atoms with Gasteiger partial charge in [0, 0.05) is 19.7 Å². The fraction of sp³-hybridized carbons (Fsp3) is 0.348. The molecule has 32 heavy (non-hydrogen) atoms. The van der Waals surface area contributed by atoms with Crippen molar-refractivity contribution in [1.82, 2.24) is 19.9 Å². The fourth-order valence-corrected chi connectivity index (χ4v) is 3.94. The van der Waals surface area contributed by atoms with Gasteiger partial charge in [0.05, 0.1) is 35.8 Å². The van der Waals surface area contributed by atoms with Crippen molar-refractivity contribution in [3.8, 4) is 5.75 Å². The van der Waals surface area contributed by atoms with Crippen LogP contribution in [-0.2, 0) is 0 Å². The molecule has 3 heterocycles. The van der Waals surface area contributed by atoms with Gasteiger partial charge in [0.2, 0.25) is 5.76 Å². The number of para-hydroxylation sites is 2. The minimum Gasteiger partial charge on any atom is -0.495 e. The van der Waals surface area contributed by atoms with E-state index in [9.17, 15) is 9.59 Å². The van der Waals surface area contributed by atoms with Gasteiger partial charge in [-0.3, -0.25) is 9.59 Å². The van der Waals surface area contributed by atoms with Gasteiger partial charge in [0.25, 0.3) is 11.8 Å². The summed E-state index contributed by atoms with van der Waals surface area (Å²) in [4.78, 5) is 40.8. The topological polar surface area (TPSA) is 110 Å². The second-order valence-electron chi connectivity index (χ2n) is 7.69. The number of hydrogen-bond donors (Lipinski definition) is 1. The highest BCUT2D eigenvalue weighted by Crippen LogP contribution is 2.32. The van der Waals surface area contributed by atoms with Gasteiger partial charge in [-0.1, -0.05) is 12.1 Å². The van der Waals surface area contributed by atoms with E-state index in [1.54, 1.807) is 44.9 Å². The first-order chi connectivity index (χ1) is 15.4. The summed E-state index contributed by atoms with van der Waals surface area (Å²) < 4.78 is 10.8. The van der Waals surface area contributed by atoms with Crippen LogP contribution < -0.4 is 10.1 Å². The van der Waals surface area contributed by atoms with Crippen molar-refractivity contribution in [1.29, 1.82) is 0 Å². The van der Waals surface area contributed by atoms with Gasteiger partial charge >= 0.3 is 0 Å². The highest BCUT2D eigenvalue weighted by molar-refractivity contribution is 6.05. The van der Waals surface area contributed by atoms with Gasteiger partial charge in [0.15, 0.2) is 11.7 Å². The molecular formula is C23H25N5O4. The van der Waals surface area contributed by atoms with E-state index in [0.717, 1.165) is 12.8 Å². The third kappa shape index (κ3) is 4.05. The molecule has 1 aliphatic rings. The predicted octanol–water partition coefficient (Wildman–Crippen LogP) is 3.63. The van der Waals surface area contributed by atoms with Gasteiger partial charge < -0.3 is 19.4 Å². The summed E-state index contributed by atoms with van der Waals surface area (Å²) in [5.74, 6) is 1.23. The summed E-state index contributed by atoms with van der Waals surface area (Å²) in [5, 5.41) is 2.84. The molecule has 1 unspecified atom stereocenters. The maximum Gasteiger partial charge on any atom is 0.292 e. The number of ether oxygens (including phenoxy) is 1. The standard InChI is InChI=1S/C23H25N5O4/c1-13-16(22(29)27-17-8-5-6-10-19(17)31-4)12-24-21(26-13)18-9-7-11-28(18)23(30)20-14(2)25-15(3)32-20/h5-6,8,10,12,18H,7,9,11H2,1-4H3,(H,27,29). The average molecular weight is 435 g/mol. The van der Waals surface area contributed by atoms with E-state index in [4.69, 9.17) is 9.15 Å². The van der Waals surface area contributed by atoms with Crippen LogP contribution in [0.25, 0.3) is 0 Å². The number of amides is 2. The zero-order valence-corrected chi connectivity index (χ0v) is 18.5. The van der Waals surface area contributed by atoms with Crippen molar-refractivity contribution in [3.05, 3.63) is 64.9 Å². The number of carbonyl (C=O) groups is 2. The number of likely N-dealkylation sites (tertiary alicyclic amines) is 1. The first kappa shape index (κ1) is 21.5. The molecule has 0 radical (unpaired) electrons. The Kier molecular flexibility index (Phi) is 5.89. The zero-order valence-electron chi connectivity index (χ0n) is 18.5. The Morgan fingerprint density at radius 3 is 2.62 bits per heavy atom. The second kappa shape index (κ2) is 8.78. The van der Waals surface area contributed by atoms with Crippen LogP contribution in [0.4, 0.5) is 5.69 Å². The molecule has 1 aromatic carbocycles. The number of aromatic nitrogens is 3. The lowest BCUT2D eigenvalue weighted by molar-refractivity contribution is 0.0694. The number of anilines is 1. The quantitative estimate of drug-likeness (QED) is 0.651. The number of hydrogen-bond acceptors (Lipinski definition) is 7. The number of benzene rings is 1. The van der Waals surface area contributed by atoms with Gasteiger partial charge in [-0.25, -0.2) is 15.0 Å². The summed E-state index contributed by atoms with van der Waals surface area (Å²) in [6.45, 7) is 5.81. The molecule has 9 heteroatoms. The lowest BCUT2D eigenvalue weighted by atomic mass is 10.1. The Labute approximate surface area is 185 Å². The highest BCUT2D eigenvalue weighted by atomic mass is 16.5. The zero-order chi connectivity index (χ0) is 22.8. The van der Waals surface area contributed by atoms with Crippen molar-refractivity contribution >= 4 is 17.5 Å². The van der Waals surface area contributed by atoms with Crippen LogP contribution in [0.2, 0.25) is 0 Å². The average Bonchev–Trinajstić information content (AvgIpc) is 3.39. The highest BCUT2D eigenvalue weighted by Gasteiger charge is 2.35. The molecule has 1 saturated heterocycles. The normalized spacial score (nSPS) is 15.6. The third-order valence-corrected chi connectivity index (χ3v) is 5.51. The minimum absolute atomic E-state index is 0.218. The van der Waals surface area contributed by atoms with Crippen molar-refractivity contribution < 1.29 is 18.7 Å². The number of rotatable bonds is 5. The Balaban J connectivity index is 1.55. The van der Waals surface area contributed by atoms with Crippen molar-refractivity contribution in [2.75, 3.05) is 19.0 Å². The van der Waals surface area contributed by atoms with Crippen LogP contribution in [0.3, 0.4) is 0 Å². The number of aryl methyl sites for hydroxylation is 3. The molecular weight excluding hydrogens is 410 g/mol. The molecule has 1 atom stereocenters.